The molecule has 2 heterocycles. The summed E-state index contributed by atoms with van der Waals surface area (Å²) in [5.74, 6) is 0.450. The first-order chi connectivity index (χ1) is 18.2. The van der Waals surface area contributed by atoms with Gasteiger partial charge < -0.3 is 14.8 Å². The number of benzene rings is 2. The number of fused-ring (bicyclic) bond motifs is 2. The van der Waals surface area contributed by atoms with E-state index in [1.54, 1.807) is 18.2 Å². The van der Waals surface area contributed by atoms with Gasteiger partial charge in [-0.15, -0.1) is 0 Å². The fourth-order valence-corrected chi connectivity index (χ4v) is 6.72. The maximum absolute atomic E-state index is 12.5. The van der Waals surface area contributed by atoms with Gasteiger partial charge in [0.2, 0.25) is 15.9 Å². The number of anilines is 1. The average molecular weight is 539 g/mol. The summed E-state index contributed by atoms with van der Waals surface area (Å²) in [5.41, 5.74) is 4.14. The number of methoxy groups -OCH3 is 1. The first kappa shape index (κ1) is 26.5. The van der Waals surface area contributed by atoms with E-state index in [-0.39, 0.29) is 18.6 Å². The minimum atomic E-state index is -3.44. The number of nitrogens with zero attached hydrogens (tertiary/aromatic N) is 2. The second-order valence-electron chi connectivity index (χ2n) is 10.7. The monoisotopic (exact) mass is 538 g/mol. The van der Waals surface area contributed by atoms with Gasteiger partial charge >= 0.3 is 0 Å². The largest absolute Gasteiger partial charge is 0.487 e. The van der Waals surface area contributed by atoms with Crippen molar-refractivity contribution < 1.29 is 22.7 Å². The van der Waals surface area contributed by atoms with Crippen molar-refractivity contribution in [2.24, 2.45) is 0 Å². The van der Waals surface area contributed by atoms with Gasteiger partial charge in [0.15, 0.2) is 0 Å². The highest BCUT2D eigenvalue weighted by atomic mass is 32.2. The molecule has 0 saturated carbocycles. The first-order valence-corrected chi connectivity index (χ1v) is 14.9. The van der Waals surface area contributed by atoms with Gasteiger partial charge in [-0.2, -0.15) is 5.26 Å². The van der Waals surface area contributed by atoms with Crippen LogP contribution in [0.1, 0.15) is 54.0 Å². The minimum absolute atomic E-state index is 0.0479. The van der Waals surface area contributed by atoms with E-state index in [1.807, 2.05) is 12.1 Å². The molecule has 2 aromatic rings. The van der Waals surface area contributed by atoms with Crippen LogP contribution in [-0.4, -0.2) is 63.9 Å². The van der Waals surface area contributed by atoms with Crippen molar-refractivity contribution in [3.63, 3.8) is 0 Å². The van der Waals surface area contributed by atoms with E-state index < -0.39 is 15.6 Å². The van der Waals surface area contributed by atoms with Crippen molar-refractivity contribution in [2.75, 3.05) is 37.8 Å². The lowest BCUT2D eigenvalue weighted by atomic mass is 9.79. The van der Waals surface area contributed by atoms with E-state index in [0.29, 0.717) is 23.9 Å². The van der Waals surface area contributed by atoms with Crippen LogP contribution in [0, 0.1) is 11.3 Å². The van der Waals surface area contributed by atoms with Gasteiger partial charge in [-0.05, 0) is 73.6 Å². The maximum Gasteiger partial charge on any atom is 0.246 e. The lowest BCUT2D eigenvalue weighted by Crippen LogP contribution is -2.55. The Morgan fingerprint density at radius 1 is 1.21 bits per heavy atom. The van der Waals surface area contributed by atoms with Crippen LogP contribution in [0.2, 0.25) is 0 Å². The molecule has 0 bridgehead atoms. The molecular weight excluding hydrogens is 504 g/mol. The van der Waals surface area contributed by atoms with Crippen LogP contribution in [0.3, 0.4) is 0 Å². The topological polar surface area (TPSA) is 121 Å². The van der Waals surface area contributed by atoms with E-state index in [4.69, 9.17) is 9.47 Å². The van der Waals surface area contributed by atoms with Crippen LogP contribution in [0.15, 0.2) is 36.4 Å². The molecule has 0 aromatic heterocycles. The van der Waals surface area contributed by atoms with Crippen LogP contribution in [0.25, 0.3) is 0 Å². The van der Waals surface area contributed by atoms with Gasteiger partial charge in [-0.25, -0.2) is 8.42 Å². The number of likely N-dealkylation sites (tertiary alicyclic amines) is 1. The minimum Gasteiger partial charge on any atom is -0.487 e. The molecule has 9 nitrogen and oxygen atoms in total. The molecule has 2 atom stereocenters. The number of nitrogens with one attached hydrogen (secondary N) is 2. The lowest BCUT2D eigenvalue weighted by molar-refractivity contribution is -0.126. The van der Waals surface area contributed by atoms with Crippen molar-refractivity contribution >= 4 is 21.6 Å². The van der Waals surface area contributed by atoms with Crippen LogP contribution in [-0.2, 0) is 32.4 Å². The van der Waals surface area contributed by atoms with E-state index in [1.165, 1.54) is 18.2 Å². The lowest BCUT2D eigenvalue weighted by Gasteiger charge is -2.49. The number of carbonyl (C=O) groups excluding carboxylic acids is 1. The molecule has 0 radical (unpaired) electrons. The van der Waals surface area contributed by atoms with Gasteiger partial charge in [0.1, 0.15) is 18.0 Å². The van der Waals surface area contributed by atoms with Crippen molar-refractivity contribution in [3.8, 4) is 11.8 Å². The van der Waals surface area contributed by atoms with E-state index in [2.05, 4.69) is 27.1 Å². The number of rotatable bonds is 6. The van der Waals surface area contributed by atoms with Crippen molar-refractivity contribution in [1.29, 1.82) is 5.26 Å². The van der Waals surface area contributed by atoms with Gasteiger partial charge in [0, 0.05) is 43.9 Å². The van der Waals surface area contributed by atoms with Gasteiger partial charge in [-0.3, -0.25) is 14.4 Å². The molecule has 38 heavy (non-hydrogen) atoms. The van der Waals surface area contributed by atoms with Crippen molar-refractivity contribution in [2.45, 2.75) is 56.2 Å². The molecule has 1 saturated heterocycles. The fourth-order valence-electron chi connectivity index (χ4n) is 6.16. The zero-order chi connectivity index (χ0) is 26.9. The Labute approximate surface area is 224 Å². The molecule has 10 heteroatoms. The molecule has 1 aliphatic carbocycles. The number of hydrogen-bond acceptors (Lipinski definition) is 7. The molecule has 1 fully saturated rings. The molecule has 202 valence electrons. The van der Waals surface area contributed by atoms with Crippen LogP contribution < -0.4 is 14.8 Å². The molecule has 1 amide bonds. The number of hydrogen-bond donors (Lipinski definition) is 2. The normalized spacial score (nSPS) is 22.4. The van der Waals surface area contributed by atoms with E-state index >= 15 is 0 Å². The summed E-state index contributed by atoms with van der Waals surface area (Å²) in [4.78, 5) is 15.0. The molecule has 2 N–H and O–H groups in total. The highest BCUT2D eigenvalue weighted by molar-refractivity contribution is 7.92. The Bertz CT molecular complexity index is 1360. The zero-order valence-electron chi connectivity index (χ0n) is 21.8. The van der Waals surface area contributed by atoms with Crippen LogP contribution in [0.5, 0.6) is 5.75 Å². The van der Waals surface area contributed by atoms with Gasteiger partial charge in [0.05, 0.1) is 23.9 Å². The second-order valence-corrected chi connectivity index (χ2v) is 12.4. The summed E-state index contributed by atoms with van der Waals surface area (Å²) < 4.78 is 37.7. The van der Waals surface area contributed by atoms with Gasteiger partial charge in [-0.1, -0.05) is 6.07 Å². The number of piperidine rings is 1. The molecule has 5 rings (SSSR count). The first-order valence-electron chi connectivity index (χ1n) is 13.0. The smallest absolute Gasteiger partial charge is 0.246 e. The quantitative estimate of drug-likeness (QED) is 0.580. The predicted molar refractivity (Wildman–Crippen MR) is 143 cm³/mol. The molecule has 3 aliphatic rings. The number of nitriles is 1. The Kier molecular flexibility index (Phi) is 7.36. The molecule has 2 aromatic carbocycles. The van der Waals surface area contributed by atoms with Crippen molar-refractivity contribution in [3.05, 3.63) is 58.7 Å². The number of aryl methyl sites for hydroxylation is 1. The number of amides is 1. The van der Waals surface area contributed by atoms with Gasteiger partial charge in [0.25, 0.3) is 0 Å². The summed E-state index contributed by atoms with van der Waals surface area (Å²) in [6.07, 6.45) is 6.44. The highest BCUT2D eigenvalue weighted by Crippen LogP contribution is 2.45. The molecule has 0 unspecified atom stereocenters. The van der Waals surface area contributed by atoms with E-state index in [0.717, 1.165) is 62.6 Å². The van der Waals surface area contributed by atoms with Crippen LogP contribution >= 0.6 is 0 Å². The third kappa shape index (κ3) is 5.80. The Hall–Kier alpha value is -3.13. The summed E-state index contributed by atoms with van der Waals surface area (Å²) in [6.45, 7) is 1.75. The number of sulfonamides is 1. The van der Waals surface area contributed by atoms with Crippen molar-refractivity contribution in [1.82, 2.24) is 10.2 Å². The average Bonchev–Trinajstić information content (AvgIpc) is 2.88. The molecule has 2 aliphatic heterocycles. The summed E-state index contributed by atoms with van der Waals surface area (Å²) >= 11 is 0. The second kappa shape index (κ2) is 10.6. The molecule has 1 spiro atoms. The Morgan fingerprint density at radius 3 is 2.71 bits per heavy atom. The van der Waals surface area contributed by atoms with E-state index in [9.17, 15) is 18.5 Å². The third-order valence-corrected chi connectivity index (χ3v) is 8.57. The highest BCUT2D eigenvalue weighted by Gasteiger charge is 2.45. The molecular formula is C28H34N4O5S. The van der Waals surface area contributed by atoms with Crippen LogP contribution in [0.4, 0.5) is 5.69 Å². The summed E-state index contributed by atoms with van der Waals surface area (Å²) in [5, 5.41) is 12.3. The third-order valence-electron chi connectivity index (χ3n) is 7.97. The number of carbonyl (C=O) groups is 1. The SMILES string of the molecule is COCC(=O)N[C@H]1CC2(CCN([C@@H]3CCc4cc(C#N)ccc4C3)CC2)Oc2ccc(NS(C)(=O)=O)cc21. The zero-order valence-corrected chi connectivity index (χ0v) is 22.6. The maximum atomic E-state index is 12.5. The standard InChI is InChI=1S/C28H34N4O5S/c1-36-18-27(33)30-25-16-28(37-26-8-6-22(15-24(25)26)31-38(2,34)35)9-11-32(12-10-28)23-7-5-20-13-19(17-29)3-4-21(20)14-23/h3-4,6,8,13,15,23,25,31H,5,7,9-12,14,16,18H2,1-2H3,(H,30,33)/t23-,25+/m1/s1. The summed E-state index contributed by atoms with van der Waals surface area (Å²) in [7, 11) is -1.96. The summed E-state index contributed by atoms with van der Waals surface area (Å²) in [6, 6.07) is 13.7. The fraction of sp³-hybridized carbons (Fsp3) is 0.500. The Balaban J connectivity index is 1.31. The predicted octanol–water partition coefficient (Wildman–Crippen LogP) is 2.91. The Morgan fingerprint density at radius 2 is 2.00 bits per heavy atom. The number of ether oxygens (including phenoxy) is 2.